The van der Waals surface area contributed by atoms with Crippen LogP contribution in [0.2, 0.25) is 0 Å². The van der Waals surface area contributed by atoms with Crippen molar-refractivity contribution >= 4 is 33.3 Å². The number of aromatic nitrogens is 4. The van der Waals surface area contributed by atoms with Gasteiger partial charge in [0.2, 0.25) is 11.8 Å². The summed E-state index contributed by atoms with van der Waals surface area (Å²) in [5.74, 6) is 0.908. The molecule has 0 N–H and O–H groups in total. The molecule has 0 radical (unpaired) electrons. The Morgan fingerprint density at radius 2 is 2.00 bits per heavy atom. The van der Waals surface area contributed by atoms with E-state index in [2.05, 4.69) is 10.2 Å². The van der Waals surface area contributed by atoms with Gasteiger partial charge in [0.25, 0.3) is 5.56 Å². The van der Waals surface area contributed by atoms with Crippen LogP contribution in [0.15, 0.2) is 38.6 Å². The quantitative estimate of drug-likeness (QED) is 0.329. The first-order valence-corrected chi connectivity index (χ1v) is 11.7. The number of fused-ring (bicyclic) bond motifs is 3. The van der Waals surface area contributed by atoms with Gasteiger partial charge in [0.1, 0.15) is 10.6 Å². The maximum Gasteiger partial charge on any atom is 0.267 e. The van der Waals surface area contributed by atoms with E-state index < -0.39 is 5.82 Å². The maximum absolute atomic E-state index is 14.7. The topological polar surface area (TPSA) is 73.8 Å². The van der Waals surface area contributed by atoms with E-state index in [1.807, 2.05) is 6.92 Å². The number of benzene rings is 1. The summed E-state index contributed by atoms with van der Waals surface area (Å²) in [7, 11) is 0. The molecule has 9 heteroatoms. The van der Waals surface area contributed by atoms with Crippen molar-refractivity contribution in [2.75, 3.05) is 0 Å². The number of thiophene rings is 1. The standard InChI is InChI=1S/C21H19FN4O2S2/c1-2-16-24-25-17(28-16)11-29-21-23-19-18(12-7-3-6-10-15(12)30-19)20(27)26(21)14-9-5-4-8-13(14)22/h4-5,8-9H,2-3,6-7,10-11H2,1H3. The molecule has 1 aliphatic rings. The normalized spacial score (nSPS) is 13.7. The van der Waals surface area contributed by atoms with Crippen LogP contribution in [-0.4, -0.2) is 19.7 Å². The average Bonchev–Trinajstić information content (AvgIpc) is 3.37. The van der Waals surface area contributed by atoms with Crippen LogP contribution in [0.3, 0.4) is 0 Å². The third kappa shape index (κ3) is 3.35. The van der Waals surface area contributed by atoms with E-state index >= 15 is 0 Å². The lowest BCUT2D eigenvalue weighted by Crippen LogP contribution is -2.23. The molecule has 154 valence electrons. The molecule has 6 nitrogen and oxygen atoms in total. The van der Waals surface area contributed by atoms with Crippen molar-refractivity contribution in [3.63, 3.8) is 0 Å². The molecule has 5 rings (SSSR count). The van der Waals surface area contributed by atoms with Gasteiger partial charge in [-0.2, -0.15) is 0 Å². The van der Waals surface area contributed by atoms with Crippen molar-refractivity contribution in [3.8, 4) is 5.69 Å². The smallest absolute Gasteiger partial charge is 0.267 e. The third-order valence-electron chi connectivity index (χ3n) is 5.19. The molecule has 0 saturated carbocycles. The molecule has 0 atom stereocenters. The van der Waals surface area contributed by atoms with E-state index in [1.54, 1.807) is 29.5 Å². The zero-order chi connectivity index (χ0) is 20.7. The molecule has 3 heterocycles. The molecule has 3 aromatic heterocycles. The molecule has 30 heavy (non-hydrogen) atoms. The van der Waals surface area contributed by atoms with Gasteiger partial charge in [-0.25, -0.2) is 9.37 Å². The van der Waals surface area contributed by atoms with Gasteiger partial charge in [-0.3, -0.25) is 9.36 Å². The second kappa shape index (κ2) is 7.96. The van der Waals surface area contributed by atoms with Crippen molar-refractivity contribution in [1.82, 2.24) is 19.7 Å². The molecule has 0 bridgehead atoms. The first-order chi connectivity index (χ1) is 14.7. The molecule has 1 aliphatic carbocycles. The predicted octanol–water partition coefficient (Wildman–Crippen LogP) is 4.70. The second-order valence-electron chi connectivity index (χ2n) is 7.11. The van der Waals surface area contributed by atoms with Crippen molar-refractivity contribution in [2.24, 2.45) is 0 Å². The Labute approximate surface area is 180 Å². The summed E-state index contributed by atoms with van der Waals surface area (Å²) < 4.78 is 21.6. The van der Waals surface area contributed by atoms with Crippen LogP contribution in [0.5, 0.6) is 0 Å². The van der Waals surface area contributed by atoms with Gasteiger partial charge >= 0.3 is 0 Å². The molecule has 1 aromatic carbocycles. The number of thioether (sulfide) groups is 1. The molecule has 0 spiro atoms. The van der Waals surface area contributed by atoms with Crippen LogP contribution in [-0.2, 0) is 25.0 Å². The highest BCUT2D eigenvalue weighted by Crippen LogP contribution is 2.35. The number of aryl methyl sites for hydroxylation is 3. The molecular formula is C21H19FN4O2S2. The van der Waals surface area contributed by atoms with Gasteiger partial charge < -0.3 is 4.42 Å². The van der Waals surface area contributed by atoms with Crippen LogP contribution in [0.25, 0.3) is 15.9 Å². The molecule has 0 amide bonds. The van der Waals surface area contributed by atoms with Crippen LogP contribution in [0.4, 0.5) is 4.39 Å². The van der Waals surface area contributed by atoms with Crippen molar-refractivity contribution in [1.29, 1.82) is 0 Å². The van der Waals surface area contributed by atoms with Crippen molar-refractivity contribution in [2.45, 2.75) is 49.9 Å². The zero-order valence-corrected chi connectivity index (χ0v) is 18.0. The minimum absolute atomic E-state index is 0.204. The largest absolute Gasteiger partial charge is 0.424 e. The van der Waals surface area contributed by atoms with Gasteiger partial charge in [0, 0.05) is 11.3 Å². The minimum Gasteiger partial charge on any atom is -0.424 e. The predicted molar refractivity (Wildman–Crippen MR) is 115 cm³/mol. The van der Waals surface area contributed by atoms with E-state index in [0.717, 1.165) is 36.1 Å². The zero-order valence-electron chi connectivity index (χ0n) is 16.4. The van der Waals surface area contributed by atoms with E-state index in [-0.39, 0.29) is 11.2 Å². The third-order valence-corrected chi connectivity index (χ3v) is 7.30. The van der Waals surface area contributed by atoms with Crippen molar-refractivity contribution < 1.29 is 8.81 Å². The van der Waals surface area contributed by atoms with Gasteiger partial charge in [-0.15, -0.1) is 21.5 Å². The van der Waals surface area contributed by atoms with Gasteiger partial charge in [0.05, 0.1) is 16.8 Å². The summed E-state index contributed by atoms with van der Waals surface area (Å²) in [6.07, 6.45) is 4.69. The molecular weight excluding hydrogens is 423 g/mol. The summed E-state index contributed by atoms with van der Waals surface area (Å²) in [5, 5.41) is 9.07. The Morgan fingerprint density at radius 3 is 2.80 bits per heavy atom. The molecule has 0 fully saturated rings. The number of hydrogen-bond acceptors (Lipinski definition) is 7. The van der Waals surface area contributed by atoms with Gasteiger partial charge in [-0.1, -0.05) is 30.8 Å². The Bertz CT molecular complexity index is 1290. The van der Waals surface area contributed by atoms with Crippen LogP contribution >= 0.6 is 23.1 Å². The maximum atomic E-state index is 14.7. The summed E-state index contributed by atoms with van der Waals surface area (Å²) in [4.78, 5) is 20.3. The number of nitrogens with zero attached hydrogens (tertiary/aromatic N) is 4. The first-order valence-electron chi connectivity index (χ1n) is 9.92. The van der Waals surface area contributed by atoms with Crippen LogP contribution in [0.1, 0.15) is 42.0 Å². The number of hydrogen-bond donors (Lipinski definition) is 0. The second-order valence-corrected chi connectivity index (χ2v) is 9.14. The molecule has 0 saturated heterocycles. The lowest BCUT2D eigenvalue weighted by Gasteiger charge is -2.13. The molecule has 0 unspecified atom stereocenters. The number of rotatable bonds is 5. The monoisotopic (exact) mass is 442 g/mol. The SMILES string of the molecule is CCc1nnc(CSc2nc3sc4c(c3c(=O)n2-c2ccccc2F)CCCC4)o1. The fourth-order valence-electron chi connectivity index (χ4n) is 3.74. The molecule has 0 aliphatic heterocycles. The van der Waals surface area contributed by atoms with E-state index in [0.29, 0.717) is 34.5 Å². The van der Waals surface area contributed by atoms with Gasteiger partial charge in [0.15, 0.2) is 5.16 Å². The average molecular weight is 443 g/mol. The van der Waals surface area contributed by atoms with Crippen LogP contribution < -0.4 is 5.56 Å². The highest BCUT2D eigenvalue weighted by Gasteiger charge is 2.24. The number of para-hydroxylation sites is 1. The fraction of sp³-hybridized carbons (Fsp3) is 0.333. The highest BCUT2D eigenvalue weighted by molar-refractivity contribution is 7.98. The van der Waals surface area contributed by atoms with Crippen LogP contribution in [0, 0.1) is 5.82 Å². The Balaban J connectivity index is 1.66. The van der Waals surface area contributed by atoms with E-state index in [4.69, 9.17) is 9.40 Å². The van der Waals surface area contributed by atoms with E-state index in [9.17, 15) is 9.18 Å². The summed E-state index contributed by atoms with van der Waals surface area (Å²) in [5.41, 5.74) is 1.08. The lowest BCUT2D eigenvalue weighted by atomic mass is 9.97. The lowest BCUT2D eigenvalue weighted by molar-refractivity contribution is 0.469. The molecule has 4 aromatic rings. The Hall–Kier alpha value is -2.52. The van der Waals surface area contributed by atoms with Gasteiger partial charge in [-0.05, 0) is 43.4 Å². The summed E-state index contributed by atoms with van der Waals surface area (Å²) >= 11 is 2.88. The number of halogens is 1. The van der Waals surface area contributed by atoms with E-state index in [1.165, 1.54) is 27.3 Å². The Morgan fingerprint density at radius 1 is 1.20 bits per heavy atom. The first kappa shape index (κ1) is 19.4. The Kier molecular flexibility index (Phi) is 5.16. The highest BCUT2D eigenvalue weighted by atomic mass is 32.2. The van der Waals surface area contributed by atoms with Crippen molar-refractivity contribution in [3.05, 3.63) is 62.7 Å². The fourth-order valence-corrected chi connectivity index (χ4v) is 5.89. The summed E-state index contributed by atoms with van der Waals surface area (Å²) in [6, 6.07) is 6.29. The summed E-state index contributed by atoms with van der Waals surface area (Å²) in [6.45, 7) is 1.94. The minimum atomic E-state index is -0.460.